The maximum absolute atomic E-state index is 14.7. The molecule has 1 aromatic heterocycles. The summed E-state index contributed by atoms with van der Waals surface area (Å²) in [4.78, 5) is 17.4. The second-order valence-electron chi connectivity index (χ2n) is 6.90. The molecule has 0 aliphatic carbocycles. The van der Waals surface area contributed by atoms with E-state index in [0.717, 1.165) is 13.1 Å². The molecule has 0 saturated carbocycles. The third kappa shape index (κ3) is 3.39. The molecule has 0 radical (unpaired) electrons. The van der Waals surface area contributed by atoms with Crippen molar-refractivity contribution < 1.29 is 9.50 Å². The SMILES string of the molecule is CCn1c(C)cc(O)c([C@H](c2ccccc2F)N2CCN(C)CC2)c1=O. The van der Waals surface area contributed by atoms with Crippen LogP contribution in [0.2, 0.25) is 0 Å². The van der Waals surface area contributed by atoms with E-state index in [2.05, 4.69) is 9.80 Å². The minimum absolute atomic E-state index is 0.0654. The topological polar surface area (TPSA) is 48.7 Å². The van der Waals surface area contributed by atoms with Crippen molar-refractivity contribution in [2.75, 3.05) is 33.2 Å². The Kier molecular flexibility index (Phi) is 5.44. The molecule has 0 unspecified atom stereocenters. The molecule has 0 amide bonds. The Morgan fingerprint density at radius 3 is 2.46 bits per heavy atom. The molecule has 1 fully saturated rings. The Balaban J connectivity index is 2.19. The van der Waals surface area contributed by atoms with Crippen molar-refractivity contribution in [3.05, 3.63) is 63.3 Å². The largest absolute Gasteiger partial charge is 0.507 e. The predicted octanol–water partition coefficient (Wildman–Crippen LogP) is 2.36. The average molecular weight is 359 g/mol. The minimum Gasteiger partial charge on any atom is -0.507 e. The summed E-state index contributed by atoms with van der Waals surface area (Å²) in [7, 11) is 2.04. The molecule has 1 aromatic carbocycles. The van der Waals surface area contributed by atoms with Gasteiger partial charge in [-0.15, -0.1) is 0 Å². The van der Waals surface area contributed by atoms with Crippen molar-refractivity contribution in [2.24, 2.45) is 0 Å². The summed E-state index contributed by atoms with van der Waals surface area (Å²) in [6.07, 6.45) is 0. The molecule has 6 heteroatoms. The smallest absolute Gasteiger partial charge is 0.259 e. The fraction of sp³-hybridized carbons (Fsp3) is 0.450. The molecule has 1 aliphatic heterocycles. The summed E-state index contributed by atoms with van der Waals surface area (Å²) in [6.45, 7) is 7.26. The summed E-state index contributed by atoms with van der Waals surface area (Å²) in [6, 6.07) is 7.51. The van der Waals surface area contributed by atoms with E-state index in [1.807, 2.05) is 14.0 Å². The van der Waals surface area contributed by atoms with Crippen LogP contribution in [0, 0.1) is 12.7 Å². The van der Waals surface area contributed by atoms with Crippen molar-refractivity contribution in [1.29, 1.82) is 0 Å². The first kappa shape index (κ1) is 18.6. The first-order valence-corrected chi connectivity index (χ1v) is 9.04. The minimum atomic E-state index is -0.601. The number of likely N-dealkylation sites (N-methyl/N-ethyl adjacent to an activating group) is 1. The van der Waals surface area contributed by atoms with Gasteiger partial charge in [0.15, 0.2) is 0 Å². The van der Waals surface area contributed by atoms with Gasteiger partial charge >= 0.3 is 0 Å². The van der Waals surface area contributed by atoms with Crippen LogP contribution < -0.4 is 5.56 Å². The average Bonchev–Trinajstić information content (AvgIpc) is 2.61. The molecule has 26 heavy (non-hydrogen) atoms. The third-order valence-electron chi connectivity index (χ3n) is 5.22. The van der Waals surface area contributed by atoms with Gasteiger partial charge in [-0.25, -0.2) is 4.39 Å². The third-order valence-corrected chi connectivity index (χ3v) is 5.22. The highest BCUT2D eigenvalue weighted by Crippen LogP contribution is 2.34. The second-order valence-corrected chi connectivity index (χ2v) is 6.90. The molecule has 0 spiro atoms. The number of hydrogen-bond donors (Lipinski definition) is 1. The first-order valence-electron chi connectivity index (χ1n) is 9.04. The van der Waals surface area contributed by atoms with Crippen molar-refractivity contribution in [2.45, 2.75) is 26.4 Å². The predicted molar refractivity (Wildman–Crippen MR) is 100 cm³/mol. The van der Waals surface area contributed by atoms with Gasteiger partial charge in [0.05, 0.1) is 11.6 Å². The van der Waals surface area contributed by atoms with Crippen LogP contribution in [0.15, 0.2) is 35.1 Å². The van der Waals surface area contributed by atoms with Crippen LogP contribution in [0.4, 0.5) is 4.39 Å². The molecule has 140 valence electrons. The van der Waals surface area contributed by atoms with Gasteiger partial charge in [-0.05, 0) is 33.0 Å². The lowest BCUT2D eigenvalue weighted by atomic mass is 9.95. The van der Waals surface area contributed by atoms with E-state index < -0.39 is 6.04 Å². The maximum atomic E-state index is 14.7. The van der Waals surface area contributed by atoms with Crippen molar-refractivity contribution in [3.63, 3.8) is 0 Å². The molecule has 5 nitrogen and oxygen atoms in total. The Morgan fingerprint density at radius 1 is 1.19 bits per heavy atom. The van der Waals surface area contributed by atoms with E-state index in [0.29, 0.717) is 30.9 Å². The summed E-state index contributed by atoms with van der Waals surface area (Å²) in [5.41, 5.74) is 1.13. The Hall–Kier alpha value is -2.18. The Bertz CT molecular complexity index is 841. The van der Waals surface area contributed by atoms with Crippen LogP contribution >= 0.6 is 0 Å². The van der Waals surface area contributed by atoms with E-state index >= 15 is 0 Å². The lowest BCUT2D eigenvalue weighted by Gasteiger charge is -2.38. The lowest BCUT2D eigenvalue weighted by molar-refractivity contribution is 0.123. The number of piperazine rings is 1. The van der Waals surface area contributed by atoms with Gasteiger partial charge in [-0.1, -0.05) is 18.2 Å². The van der Waals surface area contributed by atoms with Crippen molar-refractivity contribution >= 4 is 0 Å². The fourth-order valence-corrected chi connectivity index (χ4v) is 3.73. The number of benzene rings is 1. The second kappa shape index (κ2) is 7.60. The van der Waals surface area contributed by atoms with Gasteiger partial charge in [0.25, 0.3) is 5.56 Å². The van der Waals surface area contributed by atoms with Crippen molar-refractivity contribution in [1.82, 2.24) is 14.4 Å². The monoisotopic (exact) mass is 359 g/mol. The zero-order valence-electron chi connectivity index (χ0n) is 15.6. The van der Waals surface area contributed by atoms with Gasteiger partial charge in [-0.3, -0.25) is 9.69 Å². The van der Waals surface area contributed by atoms with Gasteiger partial charge in [-0.2, -0.15) is 0 Å². The summed E-state index contributed by atoms with van der Waals surface area (Å²) >= 11 is 0. The van der Waals surface area contributed by atoms with E-state index in [9.17, 15) is 14.3 Å². The molecule has 1 N–H and O–H groups in total. The lowest BCUT2D eigenvalue weighted by Crippen LogP contribution is -2.47. The number of hydrogen-bond acceptors (Lipinski definition) is 4. The Morgan fingerprint density at radius 2 is 1.85 bits per heavy atom. The van der Waals surface area contributed by atoms with E-state index in [1.165, 1.54) is 6.07 Å². The van der Waals surface area contributed by atoms with Crippen LogP contribution in [0.3, 0.4) is 0 Å². The number of rotatable bonds is 4. The van der Waals surface area contributed by atoms with Crippen LogP contribution in [-0.2, 0) is 6.54 Å². The fourth-order valence-electron chi connectivity index (χ4n) is 3.73. The van der Waals surface area contributed by atoms with E-state index in [1.54, 1.807) is 35.8 Å². The summed E-state index contributed by atoms with van der Waals surface area (Å²) in [5.74, 6) is -0.428. The van der Waals surface area contributed by atoms with Gasteiger partial charge < -0.3 is 14.6 Å². The molecule has 1 aliphatic rings. The summed E-state index contributed by atoms with van der Waals surface area (Å²) in [5, 5.41) is 10.6. The maximum Gasteiger partial charge on any atom is 0.259 e. The quantitative estimate of drug-likeness (QED) is 0.911. The number of aryl methyl sites for hydroxylation is 1. The number of aromatic nitrogens is 1. The molecule has 0 bridgehead atoms. The molecule has 1 atom stereocenters. The zero-order chi connectivity index (χ0) is 18.8. The van der Waals surface area contributed by atoms with E-state index in [-0.39, 0.29) is 22.7 Å². The highest BCUT2D eigenvalue weighted by Gasteiger charge is 2.32. The molecule has 1 saturated heterocycles. The number of halogens is 1. The number of aromatic hydroxyl groups is 1. The molecular formula is C20H26FN3O2. The van der Waals surface area contributed by atoms with Crippen LogP contribution in [0.1, 0.15) is 29.8 Å². The van der Waals surface area contributed by atoms with Gasteiger partial charge in [0.1, 0.15) is 11.6 Å². The molecule has 2 aromatic rings. The van der Waals surface area contributed by atoms with Gasteiger partial charge in [0, 0.05) is 44.0 Å². The standard InChI is InChI=1S/C20H26FN3O2/c1-4-24-14(2)13-17(25)18(20(24)26)19(15-7-5-6-8-16(15)21)23-11-9-22(3)10-12-23/h5-8,13,19,25H,4,9-12H2,1-3H3/t19-/m0/s1. The van der Waals surface area contributed by atoms with E-state index in [4.69, 9.17) is 0 Å². The number of pyridine rings is 1. The number of nitrogens with zero attached hydrogens (tertiary/aromatic N) is 3. The van der Waals surface area contributed by atoms with Crippen molar-refractivity contribution in [3.8, 4) is 5.75 Å². The van der Waals surface area contributed by atoms with Gasteiger partial charge in [0.2, 0.25) is 0 Å². The van der Waals surface area contributed by atoms with Crippen LogP contribution in [0.5, 0.6) is 5.75 Å². The van der Waals surface area contributed by atoms with Crippen LogP contribution in [-0.4, -0.2) is 52.7 Å². The molecular weight excluding hydrogens is 333 g/mol. The zero-order valence-corrected chi connectivity index (χ0v) is 15.6. The Labute approximate surface area is 153 Å². The summed E-state index contributed by atoms with van der Waals surface area (Å²) < 4.78 is 16.3. The molecule has 3 rings (SSSR count). The van der Waals surface area contributed by atoms with Crippen LogP contribution in [0.25, 0.3) is 0 Å². The highest BCUT2D eigenvalue weighted by atomic mass is 19.1. The normalized spacial score (nSPS) is 17.4. The highest BCUT2D eigenvalue weighted by molar-refractivity contribution is 5.41. The molecule has 2 heterocycles. The first-order chi connectivity index (χ1) is 12.4.